The van der Waals surface area contributed by atoms with E-state index in [1.807, 2.05) is 43.0 Å². The van der Waals surface area contributed by atoms with Crippen molar-refractivity contribution in [1.82, 2.24) is 9.80 Å². The number of rotatable bonds is 6. The van der Waals surface area contributed by atoms with Crippen molar-refractivity contribution in [2.45, 2.75) is 32.4 Å². The number of carbonyl (C=O) groups is 1. The van der Waals surface area contributed by atoms with Crippen molar-refractivity contribution in [3.8, 4) is 0 Å². The molecule has 1 amide bonds. The highest BCUT2D eigenvalue weighted by Gasteiger charge is 2.35. The van der Waals surface area contributed by atoms with Crippen LogP contribution in [0.1, 0.15) is 26.3 Å². The summed E-state index contributed by atoms with van der Waals surface area (Å²) in [5.74, 6) is -0.0112. The van der Waals surface area contributed by atoms with E-state index in [0.29, 0.717) is 13.1 Å². The van der Waals surface area contributed by atoms with Gasteiger partial charge in [-0.15, -0.1) is 0 Å². The van der Waals surface area contributed by atoms with Gasteiger partial charge in [-0.25, -0.2) is 0 Å². The van der Waals surface area contributed by atoms with Gasteiger partial charge >= 0.3 is 0 Å². The lowest BCUT2D eigenvalue weighted by Crippen LogP contribution is -2.57. The maximum Gasteiger partial charge on any atom is 0.247 e. The molecule has 0 radical (unpaired) electrons. The third-order valence-electron chi connectivity index (χ3n) is 4.41. The van der Waals surface area contributed by atoms with E-state index in [0.717, 1.165) is 36.3 Å². The Kier molecular flexibility index (Phi) is 6.80. The van der Waals surface area contributed by atoms with Crippen molar-refractivity contribution in [2.75, 3.05) is 39.3 Å². The van der Waals surface area contributed by atoms with E-state index in [2.05, 4.69) is 20.8 Å². The van der Waals surface area contributed by atoms with Gasteiger partial charge in [-0.05, 0) is 38.5 Å². The lowest BCUT2D eigenvalue weighted by molar-refractivity contribution is -0.138. The van der Waals surface area contributed by atoms with E-state index >= 15 is 0 Å². The number of piperazine rings is 1. The SMILES string of the molecule is CC(C)OCCN1CCN(C(=O)C(C)(N)c2ccc(Br)cc2)CC1. The Balaban J connectivity index is 1.88. The second-order valence-electron chi connectivity index (χ2n) is 6.76. The molecule has 134 valence electrons. The number of hydrogen-bond acceptors (Lipinski definition) is 4. The van der Waals surface area contributed by atoms with Crippen molar-refractivity contribution in [1.29, 1.82) is 0 Å². The molecule has 1 fully saturated rings. The van der Waals surface area contributed by atoms with Crippen molar-refractivity contribution >= 4 is 21.8 Å². The van der Waals surface area contributed by atoms with E-state index in [4.69, 9.17) is 10.5 Å². The molecule has 0 aliphatic carbocycles. The molecule has 0 spiro atoms. The summed E-state index contributed by atoms with van der Waals surface area (Å²) >= 11 is 3.41. The Hall–Kier alpha value is -0.950. The molecule has 5 nitrogen and oxygen atoms in total. The van der Waals surface area contributed by atoms with Gasteiger partial charge in [-0.2, -0.15) is 0 Å². The van der Waals surface area contributed by atoms with Crippen LogP contribution in [0.25, 0.3) is 0 Å². The summed E-state index contributed by atoms with van der Waals surface area (Å²) in [6, 6.07) is 7.64. The van der Waals surface area contributed by atoms with Crippen molar-refractivity contribution in [2.24, 2.45) is 5.73 Å². The maximum atomic E-state index is 12.9. The van der Waals surface area contributed by atoms with Crippen molar-refractivity contribution in [3.63, 3.8) is 0 Å². The predicted octanol–water partition coefficient (Wildman–Crippen LogP) is 2.19. The molecule has 1 aliphatic heterocycles. The molecule has 2 rings (SSSR count). The molecule has 6 heteroatoms. The summed E-state index contributed by atoms with van der Waals surface area (Å²) in [6.45, 7) is 10.7. The predicted molar refractivity (Wildman–Crippen MR) is 99.8 cm³/mol. The zero-order valence-electron chi connectivity index (χ0n) is 14.8. The van der Waals surface area contributed by atoms with Crippen LogP contribution >= 0.6 is 15.9 Å². The van der Waals surface area contributed by atoms with E-state index < -0.39 is 5.54 Å². The smallest absolute Gasteiger partial charge is 0.247 e. The zero-order chi connectivity index (χ0) is 17.7. The third kappa shape index (κ3) is 5.02. The standard InChI is InChI=1S/C18H28BrN3O2/c1-14(2)24-13-12-21-8-10-22(11-9-21)17(23)18(3,20)15-4-6-16(19)7-5-15/h4-7,14H,8-13,20H2,1-3H3. The first-order chi connectivity index (χ1) is 11.3. The molecule has 2 N–H and O–H groups in total. The summed E-state index contributed by atoms with van der Waals surface area (Å²) in [5, 5.41) is 0. The molecule has 1 saturated heterocycles. The summed E-state index contributed by atoms with van der Waals surface area (Å²) in [5.41, 5.74) is 6.21. The summed E-state index contributed by atoms with van der Waals surface area (Å²) in [6.07, 6.45) is 0.261. The molecule has 1 aliphatic rings. The highest BCUT2D eigenvalue weighted by Crippen LogP contribution is 2.23. The van der Waals surface area contributed by atoms with Crippen LogP contribution in [-0.2, 0) is 15.1 Å². The van der Waals surface area contributed by atoms with E-state index in [1.165, 1.54) is 0 Å². The van der Waals surface area contributed by atoms with Gasteiger partial charge in [0.05, 0.1) is 12.7 Å². The van der Waals surface area contributed by atoms with Crippen LogP contribution in [-0.4, -0.2) is 61.1 Å². The molecule has 1 aromatic rings. The minimum absolute atomic E-state index is 0.0112. The average Bonchev–Trinajstić information content (AvgIpc) is 2.55. The van der Waals surface area contributed by atoms with Gasteiger partial charge < -0.3 is 15.4 Å². The second kappa shape index (κ2) is 8.43. The van der Waals surface area contributed by atoms with Crippen LogP contribution in [0.2, 0.25) is 0 Å². The number of halogens is 1. The molecule has 1 aromatic carbocycles. The summed E-state index contributed by atoms with van der Waals surface area (Å²) < 4.78 is 6.57. The molecule has 1 atom stereocenters. The molecular formula is C18H28BrN3O2. The van der Waals surface area contributed by atoms with E-state index in [1.54, 1.807) is 6.92 Å². The van der Waals surface area contributed by atoms with Gasteiger partial charge in [0, 0.05) is 37.2 Å². The summed E-state index contributed by atoms with van der Waals surface area (Å²) in [7, 11) is 0. The number of hydrogen-bond donors (Lipinski definition) is 1. The maximum absolute atomic E-state index is 12.9. The van der Waals surface area contributed by atoms with Gasteiger partial charge in [0.25, 0.3) is 0 Å². The van der Waals surface area contributed by atoms with Crippen LogP contribution in [0.3, 0.4) is 0 Å². The van der Waals surface area contributed by atoms with Gasteiger partial charge in [0.1, 0.15) is 5.54 Å². The van der Waals surface area contributed by atoms with Crippen molar-refractivity contribution < 1.29 is 9.53 Å². The van der Waals surface area contributed by atoms with Gasteiger partial charge in [-0.3, -0.25) is 9.69 Å². The number of amides is 1. The Labute approximate surface area is 153 Å². The monoisotopic (exact) mass is 397 g/mol. The number of nitrogens with two attached hydrogens (primary N) is 1. The molecule has 1 unspecified atom stereocenters. The fraction of sp³-hybridized carbons (Fsp3) is 0.611. The van der Waals surface area contributed by atoms with Crippen LogP contribution in [0.15, 0.2) is 28.7 Å². The van der Waals surface area contributed by atoms with Crippen LogP contribution in [0.5, 0.6) is 0 Å². The molecule has 24 heavy (non-hydrogen) atoms. The molecule has 0 bridgehead atoms. The van der Waals surface area contributed by atoms with E-state index in [-0.39, 0.29) is 12.0 Å². The van der Waals surface area contributed by atoms with Gasteiger partial charge in [0.2, 0.25) is 5.91 Å². The van der Waals surface area contributed by atoms with Gasteiger partial charge in [0.15, 0.2) is 0 Å². The fourth-order valence-electron chi connectivity index (χ4n) is 2.84. The Morgan fingerprint density at radius 2 is 1.83 bits per heavy atom. The molecular weight excluding hydrogens is 370 g/mol. The normalized spacial score (nSPS) is 18.7. The highest BCUT2D eigenvalue weighted by atomic mass is 79.9. The minimum Gasteiger partial charge on any atom is -0.377 e. The van der Waals surface area contributed by atoms with Crippen LogP contribution in [0.4, 0.5) is 0 Å². The Bertz CT molecular complexity index is 538. The topological polar surface area (TPSA) is 58.8 Å². The van der Waals surface area contributed by atoms with Crippen molar-refractivity contribution in [3.05, 3.63) is 34.3 Å². The van der Waals surface area contributed by atoms with Crippen LogP contribution in [0, 0.1) is 0 Å². The number of ether oxygens (including phenoxy) is 1. The molecule has 0 saturated carbocycles. The first-order valence-corrected chi connectivity index (χ1v) is 9.28. The largest absolute Gasteiger partial charge is 0.377 e. The molecule has 0 aromatic heterocycles. The average molecular weight is 398 g/mol. The Morgan fingerprint density at radius 3 is 2.38 bits per heavy atom. The second-order valence-corrected chi connectivity index (χ2v) is 7.68. The first-order valence-electron chi connectivity index (χ1n) is 8.49. The lowest BCUT2D eigenvalue weighted by atomic mass is 9.91. The Morgan fingerprint density at radius 1 is 1.25 bits per heavy atom. The number of nitrogens with zero attached hydrogens (tertiary/aromatic N) is 2. The first kappa shape index (κ1) is 19.4. The van der Waals surface area contributed by atoms with E-state index in [9.17, 15) is 4.79 Å². The van der Waals surface area contributed by atoms with Gasteiger partial charge in [-0.1, -0.05) is 28.1 Å². The fourth-order valence-corrected chi connectivity index (χ4v) is 3.10. The lowest BCUT2D eigenvalue weighted by Gasteiger charge is -2.38. The third-order valence-corrected chi connectivity index (χ3v) is 4.94. The van der Waals surface area contributed by atoms with Crippen LogP contribution < -0.4 is 5.73 Å². The highest BCUT2D eigenvalue weighted by molar-refractivity contribution is 9.10. The number of benzene rings is 1. The minimum atomic E-state index is -0.996. The quantitative estimate of drug-likeness (QED) is 0.798. The molecule has 1 heterocycles. The number of carbonyl (C=O) groups excluding carboxylic acids is 1. The summed E-state index contributed by atoms with van der Waals surface area (Å²) in [4.78, 5) is 17.1. The zero-order valence-corrected chi connectivity index (χ0v) is 16.4.